The van der Waals surface area contributed by atoms with Gasteiger partial charge in [0, 0.05) is 11.3 Å². The van der Waals surface area contributed by atoms with Crippen LogP contribution in [0, 0.1) is 13.8 Å². The van der Waals surface area contributed by atoms with Crippen LogP contribution in [-0.2, 0) is 11.2 Å². The van der Waals surface area contributed by atoms with Crippen molar-refractivity contribution in [3.05, 3.63) is 53.0 Å². The standard InChI is InChI=1S/C19H24N2O4/c1-4-15(11-22)20-17(23)10-14-5-7-16(8-6-14)21-19(24)18-12(2)9-13(3)25-18/h5-9,15,22H,4,10-11H2,1-3H3,(H,20,23)(H,21,24)/t15-/m1/s1. The van der Waals surface area contributed by atoms with Gasteiger partial charge in [0.2, 0.25) is 5.91 Å². The van der Waals surface area contributed by atoms with E-state index in [9.17, 15) is 9.59 Å². The molecule has 0 unspecified atom stereocenters. The third kappa shape index (κ3) is 5.19. The van der Waals surface area contributed by atoms with Crippen molar-refractivity contribution in [1.29, 1.82) is 0 Å². The summed E-state index contributed by atoms with van der Waals surface area (Å²) in [5, 5.41) is 14.7. The van der Waals surface area contributed by atoms with Crippen LogP contribution in [0.5, 0.6) is 0 Å². The largest absolute Gasteiger partial charge is 0.456 e. The Kier molecular flexibility index (Phi) is 6.36. The molecule has 3 N–H and O–H groups in total. The molecule has 6 nitrogen and oxygen atoms in total. The van der Waals surface area contributed by atoms with Gasteiger partial charge in [0.05, 0.1) is 19.1 Å². The minimum absolute atomic E-state index is 0.0706. The fourth-order valence-corrected chi connectivity index (χ4v) is 2.50. The van der Waals surface area contributed by atoms with Gasteiger partial charge in [-0.1, -0.05) is 19.1 Å². The van der Waals surface area contributed by atoms with E-state index in [4.69, 9.17) is 9.52 Å². The van der Waals surface area contributed by atoms with Crippen LogP contribution >= 0.6 is 0 Å². The second-order valence-electron chi connectivity index (χ2n) is 6.05. The van der Waals surface area contributed by atoms with Gasteiger partial charge in [-0.2, -0.15) is 0 Å². The molecule has 1 heterocycles. The molecular weight excluding hydrogens is 320 g/mol. The number of hydrogen-bond donors (Lipinski definition) is 3. The van der Waals surface area contributed by atoms with Gasteiger partial charge in [0.15, 0.2) is 5.76 Å². The molecule has 2 amide bonds. The monoisotopic (exact) mass is 344 g/mol. The lowest BCUT2D eigenvalue weighted by Gasteiger charge is -2.14. The smallest absolute Gasteiger partial charge is 0.291 e. The molecule has 0 bridgehead atoms. The SMILES string of the molecule is CC[C@H](CO)NC(=O)Cc1ccc(NC(=O)c2oc(C)cc2C)cc1. The molecule has 1 aromatic heterocycles. The average Bonchev–Trinajstić information content (AvgIpc) is 2.93. The van der Waals surface area contributed by atoms with Crippen LogP contribution < -0.4 is 10.6 Å². The second kappa shape index (κ2) is 8.48. The molecule has 2 rings (SSSR count). The van der Waals surface area contributed by atoms with Crippen LogP contribution in [0.25, 0.3) is 0 Å². The van der Waals surface area contributed by atoms with Crippen LogP contribution in [0.3, 0.4) is 0 Å². The van der Waals surface area contributed by atoms with E-state index in [2.05, 4.69) is 10.6 Å². The van der Waals surface area contributed by atoms with Crippen LogP contribution in [0.15, 0.2) is 34.7 Å². The van der Waals surface area contributed by atoms with Crippen molar-refractivity contribution in [2.24, 2.45) is 0 Å². The van der Waals surface area contributed by atoms with Crippen molar-refractivity contribution in [2.45, 2.75) is 39.7 Å². The molecule has 2 aromatic rings. The summed E-state index contributed by atoms with van der Waals surface area (Å²) in [4.78, 5) is 24.1. The molecule has 0 saturated carbocycles. The molecule has 0 saturated heterocycles. The van der Waals surface area contributed by atoms with Gasteiger partial charge in [0.25, 0.3) is 5.91 Å². The van der Waals surface area contributed by atoms with Crippen molar-refractivity contribution in [3.8, 4) is 0 Å². The Bertz CT molecular complexity index is 730. The predicted octanol–water partition coefficient (Wildman–Crippen LogP) is 2.58. The average molecular weight is 344 g/mol. The fraction of sp³-hybridized carbons (Fsp3) is 0.368. The lowest BCUT2D eigenvalue weighted by atomic mass is 10.1. The molecule has 0 radical (unpaired) electrons. The number of aliphatic hydroxyl groups excluding tert-OH is 1. The maximum atomic E-state index is 12.2. The minimum atomic E-state index is -0.301. The number of nitrogens with one attached hydrogen (secondary N) is 2. The fourth-order valence-electron chi connectivity index (χ4n) is 2.50. The summed E-state index contributed by atoms with van der Waals surface area (Å²) in [7, 11) is 0. The topological polar surface area (TPSA) is 91.6 Å². The molecule has 6 heteroatoms. The molecule has 0 aliphatic heterocycles. The summed E-state index contributed by atoms with van der Waals surface area (Å²) in [5.41, 5.74) is 2.25. The molecule has 1 atom stereocenters. The molecule has 25 heavy (non-hydrogen) atoms. The van der Waals surface area contributed by atoms with E-state index < -0.39 is 0 Å². The van der Waals surface area contributed by atoms with Crippen LogP contribution in [-0.4, -0.2) is 29.6 Å². The first-order valence-corrected chi connectivity index (χ1v) is 8.30. The van der Waals surface area contributed by atoms with Gasteiger partial charge < -0.3 is 20.2 Å². The third-order valence-corrected chi connectivity index (χ3v) is 3.90. The van der Waals surface area contributed by atoms with Crippen LogP contribution in [0.2, 0.25) is 0 Å². The summed E-state index contributed by atoms with van der Waals surface area (Å²) in [6.45, 7) is 5.45. The number of furan rings is 1. The van der Waals surface area contributed by atoms with Gasteiger partial charge in [0.1, 0.15) is 5.76 Å². The minimum Gasteiger partial charge on any atom is -0.456 e. The third-order valence-electron chi connectivity index (χ3n) is 3.90. The van der Waals surface area contributed by atoms with E-state index in [0.717, 1.165) is 11.1 Å². The number of aliphatic hydroxyl groups is 1. The summed E-state index contributed by atoms with van der Waals surface area (Å²) < 4.78 is 5.40. The van der Waals surface area contributed by atoms with Crippen molar-refractivity contribution in [2.75, 3.05) is 11.9 Å². The highest BCUT2D eigenvalue weighted by Gasteiger charge is 2.15. The Labute approximate surface area is 147 Å². The van der Waals surface area contributed by atoms with Crippen molar-refractivity contribution >= 4 is 17.5 Å². The molecule has 0 aliphatic carbocycles. The quantitative estimate of drug-likeness (QED) is 0.720. The lowest BCUT2D eigenvalue weighted by molar-refractivity contribution is -0.121. The highest BCUT2D eigenvalue weighted by molar-refractivity contribution is 6.03. The summed E-state index contributed by atoms with van der Waals surface area (Å²) in [6, 6.07) is 8.66. The molecule has 134 valence electrons. The van der Waals surface area contributed by atoms with E-state index in [0.29, 0.717) is 23.6 Å². The predicted molar refractivity (Wildman–Crippen MR) is 95.6 cm³/mol. The van der Waals surface area contributed by atoms with Crippen LogP contribution in [0.4, 0.5) is 5.69 Å². The van der Waals surface area contributed by atoms with E-state index >= 15 is 0 Å². The Morgan fingerprint density at radius 3 is 2.40 bits per heavy atom. The zero-order valence-electron chi connectivity index (χ0n) is 14.8. The molecule has 0 fully saturated rings. The Balaban J connectivity index is 1.94. The first-order chi connectivity index (χ1) is 11.9. The van der Waals surface area contributed by atoms with Crippen molar-refractivity contribution < 1.29 is 19.1 Å². The Hall–Kier alpha value is -2.60. The van der Waals surface area contributed by atoms with E-state index in [1.807, 2.05) is 19.9 Å². The highest BCUT2D eigenvalue weighted by Crippen LogP contribution is 2.17. The van der Waals surface area contributed by atoms with Gasteiger partial charge in [-0.05, 0) is 44.0 Å². The normalized spacial score (nSPS) is 11.8. The summed E-state index contributed by atoms with van der Waals surface area (Å²) in [5.74, 6) is 0.553. The van der Waals surface area contributed by atoms with E-state index in [-0.39, 0.29) is 30.9 Å². The lowest BCUT2D eigenvalue weighted by Crippen LogP contribution is -2.37. The number of benzene rings is 1. The van der Waals surface area contributed by atoms with Crippen LogP contribution in [0.1, 0.15) is 40.8 Å². The number of anilines is 1. The van der Waals surface area contributed by atoms with E-state index in [1.54, 1.807) is 31.2 Å². The molecule has 0 aliphatic rings. The second-order valence-corrected chi connectivity index (χ2v) is 6.05. The molecule has 0 spiro atoms. The highest BCUT2D eigenvalue weighted by atomic mass is 16.3. The van der Waals surface area contributed by atoms with Gasteiger partial charge in [-0.25, -0.2) is 0 Å². The molecular formula is C19H24N2O4. The summed E-state index contributed by atoms with van der Waals surface area (Å²) >= 11 is 0. The number of carbonyl (C=O) groups is 2. The Morgan fingerprint density at radius 2 is 1.88 bits per heavy atom. The van der Waals surface area contributed by atoms with Gasteiger partial charge >= 0.3 is 0 Å². The summed E-state index contributed by atoms with van der Waals surface area (Å²) in [6.07, 6.45) is 0.903. The number of hydrogen-bond acceptors (Lipinski definition) is 4. The zero-order valence-corrected chi connectivity index (χ0v) is 14.8. The first-order valence-electron chi connectivity index (χ1n) is 8.30. The first kappa shape index (κ1) is 18.7. The maximum Gasteiger partial charge on any atom is 0.291 e. The van der Waals surface area contributed by atoms with Crippen molar-refractivity contribution in [3.63, 3.8) is 0 Å². The van der Waals surface area contributed by atoms with Gasteiger partial charge in [-0.3, -0.25) is 9.59 Å². The number of amides is 2. The molecule has 1 aromatic carbocycles. The maximum absolute atomic E-state index is 12.2. The van der Waals surface area contributed by atoms with Crippen molar-refractivity contribution in [1.82, 2.24) is 5.32 Å². The zero-order chi connectivity index (χ0) is 18.4. The van der Waals surface area contributed by atoms with Gasteiger partial charge in [-0.15, -0.1) is 0 Å². The number of aryl methyl sites for hydroxylation is 2. The number of rotatable bonds is 7. The number of carbonyl (C=O) groups excluding carboxylic acids is 2. The van der Waals surface area contributed by atoms with E-state index in [1.165, 1.54) is 0 Å². The Morgan fingerprint density at radius 1 is 1.20 bits per heavy atom.